The Kier molecular flexibility index (Phi) is 4.57. The first-order chi connectivity index (χ1) is 9.63. The predicted octanol–water partition coefficient (Wildman–Crippen LogP) is 3.40. The van der Waals surface area contributed by atoms with E-state index in [1.807, 2.05) is 0 Å². The van der Waals surface area contributed by atoms with Crippen molar-refractivity contribution in [3.63, 3.8) is 0 Å². The molecule has 2 N–H and O–H groups in total. The molecule has 1 aromatic heterocycles. The molecule has 0 saturated heterocycles. The molecule has 2 aromatic rings. The molecule has 2 rings (SSSR count). The van der Waals surface area contributed by atoms with Gasteiger partial charge in [-0.3, -0.25) is 0 Å². The van der Waals surface area contributed by atoms with Crippen LogP contribution in [0.5, 0.6) is 11.6 Å². The van der Waals surface area contributed by atoms with Gasteiger partial charge in [0.05, 0.1) is 16.8 Å². The third-order valence-corrected chi connectivity index (χ3v) is 3.09. The van der Waals surface area contributed by atoms with Crippen LogP contribution < -0.4 is 10.5 Å². The number of para-hydroxylation sites is 1. The third kappa shape index (κ3) is 3.08. The highest BCUT2D eigenvalue weighted by Crippen LogP contribution is 2.35. The number of ether oxygens (including phenoxy) is 2. The summed E-state index contributed by atoms with van der Waals surface area (Å²) in [6.07, 6.45) is 1.53. The van der Waals surface area contributed by atoms with Crippen LogP contribution in [0.3, 0.4) is 0 Å². The number of esters is 1. The molecule has 0 unspecified atom stereocenters. The zero-order valence-corrected chi connectivity index (χ0v) is 12.4. The van der Waals surface area contributed by atoms with Crippen LogP contribution in [0.15, 0.2) is 41.0 Å². The Morgan fingerprint density at radius 3 is 2.85 bits per heavy atom. The van der Waals surface area contributed by atoms with Gasteiger partial charge >= 0.3 is 5.97 Å². The second-order valence-corrected chi connectivity index (χ2v) is 4.69. The smallest absolute Gasteiger partial charge is 0.343 e. The number of benzene rings is 1. The van der Waals surface area contributed by atoms with E-state index in [1.54, 1.807) is 37.3 Å². The van der Waals surface area contributed by atoms with Gasteiger partial charge in [-0.05, 0) is 47.1 Å². The highest BCUT2D eigenvalue weighted by Gasteiger charge is 2.17. The standard InChI is InChI=1S/C14H13BrN2O3/c1-2-19-14(18)9-5-4-8-17-13(9)20-12-10(15)6-3-7-11(12)16/h3-8H,2,16H2,1H3. The Labute approximate surface area is 124 Å². The molecule has 0 amide bonds. The van der Waals surface area contributed by atoms with E-state index >= 15 is 0 Å². The monoisotopic (exact) mass is 336 g/mol. The highest BCUT2D eigenvalue weighted by molar-refractivity contribution is 9.10. The Bertz CT molecular complexity index is 611. The summed E-state index contributed by atoms with van der Waals surface area (Å²) in [5, 5.41) is 0. The lowest BCUT2D eigenvalue weighted by atomic mass is 10.2. The summed E-state index contributed by atoms with van der Waals surface area (Å²) in [5.74, 6) is 0.0857. The molecule has 0 bridgehead atoms. The van der Waals surface area contributed by atoms with Crippen molar-refractivity contribution in [2.45, 2.75) is 6.92 Å². The Morgan fingerprint density at radius 1 is 1.35 bits per heavy atom. The van der Waals surface area contributed by atoms with E-state index in [4.69, 9.17) is 15.2 Å². The summed E-state index contributed by atoms with van der Waals surface area (Å²) in [6.45, 7) is 2.02. The number of nitrogens with two attached hydrogens (primary N) is 1. The molecule has 1 aromatic carbocycles. The SMILES string of the molecule is CCOC(=O)c1cccnc1Oc1c(N)cccc1Br. The minimum atomic E-state index is -0.485. The molecule has 0 saturated carbocycles. The van der Waals surface area contributed by atoms with E-state index in [2.05, 4.69) is 20.9 Å². The van der Waals surface area contributed by atoms with Crippen molar-refractivity contribution in [3.05, 3.63) is 46.6 Å². The first-order valence-corrected chi connectivity index (χ1v) is 6.76. The second-order valence-electron chi connectivity index (χ2n) is 3.84. The fraction of sp³-hybridized carbons (Fsp3) is 0.143. The summed E-state index contributed by atoms with van der Waals surface area (Å²) >= 11 is 3.35. The van der Waals surface area contributed by atoms with Crippen LogP contribution >= 0.6 is 15.9 Å². The second kappa shape index (κ2) is 6.38. The fourth-order valence-corrected chi connectivity index (χ4v) is 2.03. The normalized spacial score (nSPS) is 10.1. The number of carbonyl (C=O) groups is 1. The van der Waals surface area contributed by atoms with Gasteiger partial charge < -0.3 is 15.2 Å². The number of hydrogen-bond acceptors (Lipinski definition) is 5. The van der Waals surface area contributed by atoms with E-state index in [1.165, 1.54) is 6.20 Å². The average molecular weight is 337 g/mol. The first kappa shape index (κ1) is 14.3. The van der Waals surface area contributed by atoms with Crippen molar-refractivity contribution in [3.8, 4) is 11.6 Å². The summed E-state index contributed by atoms with van der Waals surface area (Å²) < 4.78 is 11.3. The summed E-state index contributed by atoms with van der Waals surface area (Å²) in [6, 6.07) is 8.51. The molecule has 0 aliphatic rings. The third-order valence-electron chi connectivity index (χ3n) is 2.46. The molecular formula is C14H13BrN2O3. The lowest BCUT2D eigenvalue weighted by Crippen LogP contribution is -2.07. The van der Waals surface area contributed by atoms with Gasteiger partial charge in [-0.15, -0.1) is 0 Å². The number of hydrogen-bond donors (Lipinski definition) is 1. The lowest BCUT2D eigenvalue weighted by molar-refractivity contribution is 0.0522. The molecule has 1 heterocycles. The van der Waals surface area contributed by atoms with Crippen molar-refractivity contribution < 1.29 is 14.3 Å². The quantitative estimate of drug-likeness (QED) is 0.684. The van der Waals surface area contributed by atoms with E-state index in [9.17, 15) is 4.79 Å². The first-order valence-electron chi connectivity index (χ1n) is 5.97. The van der Waals surface area contributed by atoms with Crippen LogP contribution in [0, 0.1) is 0 Å². The van der Waals surface area contributed by atoms with Crippen molar-refractivity contribution in [1.82, 2.24) is 4.98 Å². The predicted molar refractivity (Wildman–Crippen MR) is 78.8 cm³/mol. The van der Waals surface area contributed by atoms with E-state index in [-0.39, 0.29) is 18.1 Å². The van der Waals surface area contributed by atoms with Gasteiger partial charge in [0, 0.05) is 6.20 Å². The van der Waals surface area contributed by atoms with Crippen LogP contribution in [0.1, 0.15) is 17.3 Å². The van der Waals surface area contributed by atoms with Gasteiger partial charge in [0.2, 0.25) is 5.88 Å². The summed E-state index contributed by atoms with van der Waals surface area (Å²) in [5.41, 5.74) is 6.55. The summed E-state index contributed by atoms with van der Waals surface area (Å²) in [7, 11) is 0. The number of aromatic nitrogens is 1. The van der Waals surface area contributed by atoms with Crippen molar-refractivity contribution >= 4 is 27.6 Å². The number of nitrogens with zero attached hydrogens (tertiary/aromatic N) is 1. The molecule has 5 nitrogen and oxygen atoms in total. The van der Waals surface area contributed by atoms with Crippen LogP contribution in [-0.2, 0) is 4.74 Å². The van der Waals surface area contributed by atoms with Crippen molar-refractivity contribution in [2.24, 2.45) is 0 Å². The maximum absolute atomic E-state index is 11.8. The van der Waals surface area contributed by atoms with Gasteiger partial charge in [0.1, 0.15) is 5.56 Å². The molecule has 0 aliphatic heterocycles. The molecule has 0 spiro atoms. The van der Waals surface area contributed by atoms with Gasteiger partial charge in [-0.2, -0.15) is 0 Å². The number of halogens is 1. The molecular weight excluding hydrogens is 324 g/mol. The zero-order valence-electron chi connectivity index (χ0n) is 10.8. The van der Waals surface area contributed by atoms with Gasteiger partial charge in [0.15, 0.2) is 5.75 Å². The number of nitrogen functional groups attached to an aromatic ring is 1. The van der Waals surface area contributed by atoms with Crippen LogP contribution in [0.4, 0.5) is 5.69 Å². The van der Waals surface area contributed by atoms with Crippen molar-refractivity contribution in [2.75, 3.05) is 12.3 Å². The maximum atomic E-state index is 11.8. The van der Waals surface area contributed by atoms with Crippen molar-refractivity contribution in [1.29, 1.82) is 0 Å². The van der Waals surface area contributed by atoms with Crippen LogP contribution in [0.25, 0.3) is 0 Å². The Morgan fingerprint density at radius 2 is 2.15 bits per heavy atom. The van der Waals surface area contributed by atoms with E-state index in [0.717, 1.165) is 0 Å². The minimum Gasteiger partial charge on any atom is -0.462 e. The molecule has 6 heteroatoms. The largest absolute Gasteiger partial charge is 0.462 e. The number of carbonyl (C=O) groups excluding carboxylic acids is 1. The topological polar surface area (TPSA) is 74.4 Å². The number of pyridine rings is 1. The van der Waals surface area contributed by atoms with Crippen LogP contribution in [0.2, 0.25) is 0 Å². The maximum Gasteiger partial charge on any atom is 0.343 e. The molecule has 104 valence electrons. The molecule has 20 heavy (non-hydrogen) atoms. The summed E-state index contributed by atoms with van der Waals surface area (Å²) in [4.78, 5) is 15.9. The van der Waals surface area contributed by atoms with Gasteiger partial charge in [-0.1, -0.05) is 6.07 Å². The van der Waals surface area contributed by atoms with Crippen LogP contribution in [-0.4, -0.2) is 17.6 Å². The highest BCUT2D eigenvalue weighted by atomic mass is 79.9. The minimum absolute atomic E-state index is 0.157. The molecule has 0 fully saturated rings. The Hall–Kier alpha value is -2.08. The molecule has 0 aliphatic carbocycles. The number of anilines is 1. The Balaban J connectivity index is 2.37. The fourth-order valence-electron chi connectivity index (χ4n) is 1.57. The van der Waals surface area contributed by atoms with Gasteiger partial charge in [0.25, 0.3) is 0 Å². The zero-order chi connectivity index (χ0) is 14.5. The average Bonchev–Trinajstić information content (AvgIpc) is 2.44. The number of rotatable bonds is 4. The lowest BCUT2D eigenvalue weighted by Gasteiger charge is -2.12. The molecule has 0 atom stereocenters. The van der Waals surface area contributed by atoms with E-state index < -0.39 is 5.97 Å². The molecule has 0 radical (unpaired) electrons. The van der Waals surface area contributed by atoms with Gasteiger partial charge in [-0.25, -0.2) is 9.78 Å². The van der Waals surface area contributed by atoms with E-state index in [0.29, 0.717) is 15.9 Å².